The third-order valence-corrected chi connectivity index (χ3v) is 7.34. The molecule has 4 aromatic rings. The van der Waals surface area contributed by atoms with Crippen molar-refractivity contribution in [1.82, 2.24) is 14.5 Å². The average Bonchev–Trinajstić information content (AvgIpc) is 3.68. The molecule has 2 unspecified atom stereocenters. The van der Waals surface area contributed by atoms with E-state index in [1.165, 1.54) is 0 Å². The largest absolute Gasteiger partial charge is 0.494 e. The Hall–Kier alpha value is -4.28. The van der Waals surface area contributed by atoms with Crippen LogP contribution in [0, 0.1) is 0 Å². The topological polar surface area (TPSA) is 94.3 Å². The van der Waals surface area contributed by atoms with E-state index < -0.39 is 5.79 Å². The fourth-order valence-electron chi connectivity index (χ4n) is 5.32. The monoisotopic (exact) mass is 557 g/mol. The Kier molecular flexibility index (Phi) is 7.93. The minimum atomic E-state index is -0.978. The van der Waals surface area contributed by atoms with Gasteiger partial charge in [-0.05, 0) is 37.3 Å². The predicted octanol–water partition coefficient (Wildman–Crippen LogP) is 4.06. The van der Waals surface area contributed by atoms with Crippen LogP contribution in [0.3, 0.4) is 0 Å². The fourth-order valence-corrected chi connectivity index (χ4v) is 5.32. The molecule has 4 heterocycles. The molecule has 0 saturated carbocycles. The number of anilines is 2. The first-order valence-electron chi connectivity index (χ1n) is 14.0. The lowest BCUT2D eigenvalue weighted by Gasteiger charge is -2.36. The number of imidazole rings is 1. The lowest BCUT2D eigenvalue weighted by molar-refractivity contribution is -0.189. The third kappa shape index (κ3) is 6.23. The van der Waals surface area contributed by atoms with Gasteiger partial charge in [0, 0.05) is 62.0 Å². The van der Waals surface area contributed by atoms with Crippen LogP contribution in [-0.4, -0.2) is 71.7 Å². The van der Waals surface area contributed by atoms with Crippen LogP contribution in [0.5, 0.6) is 17.4 Å². The summed E-state index contributed by atoms with van der Waals surface area (Å²) in [5.41, 5.74) is 2.00. The van der Waals surface area contributed by atoms with E-state index in [0.717, 1.165) is 54.7 Å². The minimum absolute atomic E-state index is 0.0458. The number of benzene rings is 2. The fraction of sp³-hybridized carbons (Fsp3) is 0.355. The molecule has 10 heteroatoms. The normalized spacial score (nSPS) is 20.8. The molecule has 214 valence electrons. The van der Waals surface area contributed by atoms with Crippen LogP contribution in [0.1, 0.15) is 12.5 Å². The van der Waals surface area contributed by atoms with Gasteiger partial charge < -0.3 is 38.4 Å². The summed E-state index contributed by atoms with van der Waals surface area (Å²) < 4.78 is 26.9. The summed E-state index contributed by atoms with van der Waals surface area (Å²) in [5.74, 6) is 1.43. The maximum atomic E-state index is 9.72. The van der Waals surface area contributed by atoms with E-state index >= 15 is 0 Å². The van der Waals surface area contributed by atoms with Crippen LogP contribution >= 0.6 is 0 Å². The Morgan fingerprint density at radius 3 is 2.51 bits per heavy atom. The van der Waals surface area contributed by atoms with Gasteiger partial charge in [0.15, 0.2) is 0 Å². The van der Waals surface area contributed by atoms with Crippen LogP contribution in [0.15, 0.2) is 85.5 Å². The summed E-state index contributed by atoms with van der Waals surface area (Å²) in [6, 6.07) is 21.4. The molecule has 0 radical (unpaired) electrons. The van der Waals surface area contributed by atoms with Gasteiger partial charge in [-0.2, -0.15) is 4.98 Å². The highest BCUT2D eigenvalue weighted by Gasteiger charge is 2.44. The van der Waals surface area contributed by atoms with Crippen molar-refractivity contribution in [2.45, 2.75) is 25.4 Å². The molecule has 0 amide bonds. The SMILES string of the molecule is CCOc1cccc(C2(Cn3ccnc3)OCC(COc3cccc(N4CCN(c5cccc(O)n5)CC4)c3)O2)c1. The number of rotatable bonds is 10. The van der Waals surface area contributed by atoms with E-state index in [4.69, 9.17) is 18.9 Å². The smallest absolute Gasteiger partial charge is 0.214 e. The van der Waals surface area contributed by atoms with Gasteiger partial charge in [0.1, 0.15) is 30.0 Å². The van der Waals surface area contributed by atoms with Crippen molar-refractivity contribution in [2.24, 2.45) is 0 Å². The maximum absolute atomic E-state index is 9.72. The molecule has 2 aliphatic rings. The lowest BCUT2D eigenvalue weighted by atomic mass is 10.1. The molecule has 0 spiro atoms. The second-order valence-electron chi connectivity index (χ2n) is 10.1. The second-order valence-corrected chi connectivity index (χ2v) is 10.1. The molecular formula is C31H35N5O5. The number of piperazine rings is 1. The van der Waals surface area contributed by atoms with Crippen LogP contribution in [0.4, 0.5) is 11.5 Å². The van der Waals surface area contributed by atoms with E-state index in [0.29, 0.717) is 26.4 Å². The molecule has 2 atom stereocenters. The Balaban J connectivity index is 1.09. The first-order valence-corrected chi connectivity index (χ1v) is 14.0. The minimum Gasteiger partial charge on any atom is -0.494 e. The summed E-state index contributed by atoms with van der Waals surface area (Å²) in [7, 11) is 0. The van der Waals surface area contributed by atoms with Gasteiger partial charge in [-0.15, -0.1) is 0 Å². The van der Waals surface area contributed by atoms with Gasteiger partial charge in [0.25, 0.3) is 0 Å². The maximum Gasteiger partial charge on any atom is 0.214 e. The van der Waals surface area contributed by atoms with Gasteiger partial charge >= 0.3 is 0 Å². The summed E-state index contributed by atoms with van der Waals surface area (Å²) in [6.45, 7) is 7.09. The lowest BCUT2D eigenvalue weighted by Crippen LogP contribution is -2.46. The highest BCUT2D eigenvalue weighted by molar-refractivity contribution is 5.53. The van der Waals surface area contributed by atoms with Gasteiger partial charge in [0.2, 0.25) is 11.7 Å². The highest BCUT2D eigenvalue weighted by atomic mass is 16.8. The number of ether oxygens (including phenoxy) is 4. The second kappa shape index (κ2) is 12.1. The van der Waals surface area contributed by atoms with Crippen LogP contribution < -0.4 is 19.3 Å². The van der Waals surface area contributed by atoms with Crippen molar-refractivity contribution < 1.29 is 24.1 Å². The van der Waals surface area contributed by atoms with Crippen molar-refractivity contribution in [2.75, 3.05) is 55.8 Å². The molecular weight excluding hydrogens is 522 g/mol. The molecule has 2 fully saturated rings. The summed E-state index contributed by atoms with van der Waals surface area (Å²) in [6.07, 6.45) is 5.15. The zero-order valence-corrected chi connectivity index (χ0v) is 23.1. The quantitative estimate of drug-likeness (QED) is 0.310. The van der Waals surface area contributed by atoms with E-state index in [1.807, 2.05) is 66.2 Å². The number of aromatic nitrogens is 3. The van der Waals surface area contributed by atoms with Crippen LogP contribution in [-0.2, 0) is 21.8 Å². The number of aromatic hydroxyl groups is 1. The first-order chi connectivity index (χ1) is 20.1. The van der Waals surface area contributed by atoms with E-state index in [9.17, 15) is 5.11 Å². The van der Waals surface area contributed by atoms with Gasteiger partial charge in [-0.3, -0.25) is 0 Å². The molecule has 2 aromatic carbocycles. The summed E-state index contributed by atoms with van der Waals surface area (Å²) in [4.78, 5) is 13.0. The number of pyridine rings is 1. The predicted molar refractivity (Wildman–Crippen MR) is 155 cm³/mol. The molecule has 41 heavy (non-hydrogen) atoms. The Morgan fingerprint density at radius 1 is 0.951 bits per heavy atom. The highest BCUT2D eigenvalue weighted by Crippen LogP contribution is 2.38. The van der Waals surface area contributed by atoms with Crippen LogP contribution in [0.25, 0.3) is 0 Å². The average molecular weight is 558 g/mol. The van der Waals surface area contributed by atoms with Gasteiger partial charge in [-0.1, -0.05) is 24.3 Å². The van der Waals surface area contributed by atoms with Crippen molar-refractivity contribution in [3.63, 3.8) is 0 Å². The number of hydrogen-bond acceptors (Lipinski definition) is 9. The van der Waals surface area contributed by atoms with Gasteiger partial charge in [0.05, 0.1) is 26.1 Å². The Bertz CT molecular complexity index is 1430. The van der Waals surface area contributed by atoms with Crippen molar-refractivity contribution in [3.05, 3.63) is 91.0 Å². The molecule has 10 nitrogen and oxygen atoms in total. The number of nitrogens with zero attached hydrogens (tertiary/aromatic N) is 5. The van der Waals surface area contributed by atoms with E-state index in [-0.39, 0.29) is 12.0 Å². The molecule has 2 aliphatic heterocycles. The molecule has 2 aromatic heterocycles. The summed E-state index contributed by atoms with van der Waals surface area (Å²) in [5, 5.41) is 9.72. The van der Waals surface area contributed by atoms with Crippen LogP contribution in [0.2, 0.25) is 0 Å². The van der Waals surface area contributed by atoms with E-state index in [2.05, 4.69) is 31.9 Å². The first kappa shape index (κ1) is 26.9. The van der Waals surface area contributed by atoms with Crippen molar-refractivity contribution >= 4 is 11.5 Å². The third-order valence-electron chi connectivity index (χ3n) is 7.34. The molecule has 0 bridgehead atoms. The van der Waals surface area contributed by atoms with Crippen molar-refractivity contribution in [3.8, 4) is 17.4 Å². The van der Waals surface area contributed by atoms with E-state index in [1.54, 1.807) is 18.6 Å². The molecule has 2 saturated heterocycles. The standard InChI is InChI=1S/C31H35N5O5/c1-2-38-26-8-3-6-24(18-26)31(22-34-13-12-32-23-34)40-21-28(41-31)20-39-27-9-4-7-25(19-27)35-14-16-36(17-15-35)29-10-5-11-30(37)33-29/h3-13,18-19,23,28H,2,14-17,20-22H2,1H3,(H,33,37). The molecule has 0 aliphatic carbocycles. The molecule has 6 rings (SSSR count). The zero-order valence-electron chi connectivity index (χ0n) is 23.1. The number of hydrogen-bond donors (Lipinski definition) is 1. The van der Waals surface area contributed by atoms with Crippen molar-refractivity contribution in [1.29, 1.82) is 0 Å². The summed E-state index contributed by atoms with van der Waals surface area (Å²) >= 11 is 0. The Morgan fingerprint density at radius 2 is 1.73 bits per heavy atom. The molecule has 1 N–H and O–H groups in total. The Labute approximate surface area is 239 Å². The van der Waals surface area contributed by atoms with Gasteiger partial charge in [-0.25, -0.2) is 4.98 Å². The zero-order chi connectivity index (χ0) is 28.1.